The fourth-order valence-electron chi connectivity index (χ4n) is 3.16. The second-order valence-electron chi connectivity index (χ2n) is 7.38. The van der Waals surface area contributed by atoms with Gasteiger partial charge in [-0.05, 0) is 58.0 Å². The number of benzene rings is 2. The zero-order valence-corrected chi connectivity index (χ0v) is 17.1. The van der Waals surface area contributed by atoms with Crippen LogP contribution in [0.25, 0.3) is 0 Å². The minimum atomic E-state index is -0.313. The predicted octanol–water partition coefficient (Wildman–Crippen LogP) is 5.55. The van der Waals surface area contributed by atoms with Gasteiger partial charge in [0.1, 0.15) is 11.4 Å². The lowest BCUT2D eigenvalue weighted by atomic mass is 9.89. The Morgan fingerprint density at radius 3 is 2.65 bits per heavy atom. The molecule has 138 valence electrons. The Morgan fingerprint density at radius 2 is 1.96 bits per heavy atom. The van der Waals surface area contributed by atoms with E-state index in [9.17, 15) is 4.79 Å². The standard InChI is InChI=1S/C21H24ClNO2S/c1-13-5-10-19-17(11-13)18(12-21(3,4)25-19)23-20(24)14(2)26-16-8-6-15(22)7-9-16/h5-11,14,18H,12H2,1-4H3,(H,23,24)/t14-,18-/m0/s1. The molecule has 1 heterocycles. The van der Waals surface area contributed by atoms with Gasteiger partial charge in [-0.15, -0.1) is 11.8 Å². The first-order chi connectivity index (χ1) is 12.2. The minimum Gasteiger partial charge on any atom is -0.487 e. The van der Waals surface area contributed by atoms with Crippen molar-refractivity contribution in [3.63, 3.8) is 0 Å². The van der Waals surface area contributed by atoms with Gasteiger partial charge < -0.3 is 10.1 Å². The van der Waals surface area contributed by atoms with Crippen molar-refractivity contribution in [3.8, 4) is 5.75 Å². The van der Waals surface area contributed by atoms with Gasteiger partial charge in [0.25, 0.3) is 0 Å². The molecule has 1 aliphatic heterocycles. The first kappa shape index (κ1) is 19.1. The summed E-state index contributed by atoms with van der Waals surface area (Å²) in [7, 11) is 0. The van der Waals surface area contributed by atoms with E-state index in [1.807, 2.05) is 43.3 Å². The summed E-state index contributed by atoms with van der Waals surface area (Å²) in [6.45, 7) is 8.09. The third kappa shape index (κ3) is 4.54. The molecule has 0 aliphatic carbocycles. The number of amides is 1. The maximum absolute atomic E-state index is 12.8. The number of ether oxygens (including phenoxy) is 1. The zero-order chi connectivity index (χ0) is 18.9. The Kier molecular flexibility index (Phi) is 5.54. The summed E-state index contributed by atoms with van der Waals surface area (Å²) >= 11 is 7.46. The van der Waals surface area contributed by atoms with E-state index in [0.717, 1.165) is 28.2 Å². The normalized spacial score (nSPS) is 19.2. The molecule has 3 rings (SSSR count). The number of nitrogens with one attached hydrogen (secondary N) is 1. The Labute approximate surface area is 164 Å². The number of aryl methyl sites for hydroxylation is 1. The van der Waals surface area contributed by atoms with Gasteiger partial charge in [0.2, 0.25) is 5.91 Å². The summed E-state index contributed by atoms with van der Waals surface area (Å²) in [5.74, 6) is 0.885. The molecular formula is C21H24ClNO2S. The molecule has 0 saturated heterocycles. The van der Waals surface area contributed by atoms with Gasteiger partial charge in [0, 0.05) is 21.9 Å². The van der Waals surface area contributed by atoms with Crippen LogP contribution in [-0.4, -0.2) is 16.8 Å². The molecule has 2 atom stereocenters. The van der Waals surface area contributed by atoms with Crippen molar-refractivity contribution in [1.82, 2.24) is 5.32 Å². The number of carbonyl (C=O) groups is 1. The van der Waals surface area contributed by atoms with Crippen molar-refractivity contribution in [2.75, 3.05) is 0 Å². The van der Waals surface area contributed by atoms with Crippen molar-refractivity contribution < 1.29 is 9.53 Å². The zero-order valence-electron chi connectivity index (χ0n) is 15.5. The van der Waals surface area contributed by atoms with Crippen molar-refractivity contribution in [3.05, 3.63) is 58.6 Å². The molecular weight excluding hydrogens is 366 g/mol. The largest absolute Gasteiger partial charge is 0.487 e. The number of fused-ring (bicyclic) bond motifs is 1. The summed E-state index contributed by atoms with van der Waals surface area (Å²) in [5.41, 5.74) is 1.91. The third-order valence-corrected chi connectivity index (χ3v) is 5.80. The summed E-state index contributed by atoms with van der Waals surface area (Å²) in [6.07, 6.45) is 0.744. The predicted molar refractivity (Wildman–Crippen MR) is 108 cm³/mol. The minimum absolute atomic E-state index is 0.0279. The van der Waals surface area contributed by atoms with Crippen molar-refractivity contribution in [2.45, 2.75) is 55.9 Å². The van der Waals surface area contributed by atoms with Crippen LogP contribution in [0.2, 0.25) is 5.02 Å². The van der Waals surface area contributed by atoms with Crippen LogP contribution in [0.3, 0.4) is 0 Å². The number of carbonyl (C=O) groups excluding carboxylic acids is 1. The van der Waals surface area contributed by atoms with Gasteiger partial charge >= 0.3 is 0 Å². The van der Waals surface area contributed by atoms with Crippen molar-refractivity contribution >= 4 is 29.3 Å². The van der Waals surface area contributed by atoms with E-state index in [1.165, 1.54) is 11.8 Å². The second-order valence-corrected chi connectivity index (χ2v) is 9.23. The Bertz CT molecular complexity index is 804. The molecule has 2 aromatic rings. The second kappa shape index (κ2) is 7.53. The van der Waals surface area contributed by atoms with E-state index in [2.05, 4.69) is 32.2 Å². The molecule has 1 aliphatic rings. The topological polar surface area (TPSA) is 38.3 Å². The van der Waals surface area contributed by atoms with E-state index in [1.54, 1.807) is 0 Å². The first-order valence-electron chi connectivity index (χ1n) is 8.76. The average Bonchev–Trinajstić information content (AvgIpc) is 2.57. The number of halogens is 1. The summed E-state index contributed by atoms with van der Waals surface area (Å²) < 4.78 is 6.08. The third-order valence-electron chi connectivity index (χ3n) is 4.43. The lowest BCUT2D eigenvalue weighted by Gasteiger charge is -2.38. The highest BCUT2D eigenvalue weighted by Crippen LogP contribution is 2.40. The van der Waals surface area contributed by atoms with Gasteiger partial charge in [-0.2, -0.15) is 0 Å². The van der Waals surface area contributed by atoms with Gasteiger partial charge in [0.15, 0.2) is 0 Å². The molecule has 0 fully saturated rings. The number of hydrogen-bond acceptors (Lipinski definition) is 3. The molecule has 2 aromatic carbocycles. The highest BCUT2D eigenvalue weighted by Gasteiger charge is 2.35. The molecule has 0 spiro atoms. The van der Waals surface area contributed by atoms with Crippen LogP contribution in [0.1, 0.15) is 44.4 Å². The highest BCUT2D eigenvalue weighted by atomic mass is 35.5. The molecule has 1 amide bonds. The molecule has 0 radical (unpaired) electrons. The van der Waals surface area contributed by atoms with Crippen molar-refractivity contribution in [1.29, 1.82) is 0 Å². The smallest absolute Gasteiger partial charge is 0.233 e. The summed E-state index contributed by atoms with van der Waals surface area (Å²) in [6, 6.07) is 13.7. The fraction of sp³-hybridized carbons (Fsp3) is 0.381. The van der Waals surface area contributed by atoms with Crippen LogP contribution < -0.4 is 10.1 Å². The van der Waals surface area contributed by atoms with E-state index in [-0.39, 0.29) is 22.8 Å². The van der Waals surface area contributed by atoms with Crippen LogP contribution in [-0.2, 0) is 4.79 Å². The van der Waals surface area contributed by atoms with E-state index < -0.39 is 0 Å². The van der Waals surface area contributed by atoms with Gasteiger partial charge in [-0.3, -0.25) is 4.79 Å². The number of hydrogen-bond donors (Lipinski definition) is 1. The number of rotatable bonds is 4. The fourth-order valence-corrected chi connectivity index (χ4v) is 4.17. The summed E-state index contributed by atoms with van der Waals surface area (Å²) in [4.78, 5) is 13.8. The molecule has 0 aromatic heterocycles. The van der Waals surface area contributed by atoms with Gasteiger partial charge in [0.05, 0.1) is 11.3 Å². The van der Waals surface area contributed by atoms with Gasteiger partial charge in [-0.25, -0.2) is 0 Å². The molecule has 0 bridgehead atoms. The lowest BCUT2D eigenvalue weighted by molar-refractivity contribution is -0.121. The number of thioether (sulfide) groups is 1. The maximum atomic E-state index is 12.8. The van der Waals surface area contributed by atoms with Crippen LogP contribution in [0, 0.1) is 6.92 Å². The van der Waals surface area contributed by atoms with E-state index in [0.29, 0.717) is 5.02 Å². The lowest BCUT2D eigenvalue weighted by Crippen LogP contribution is -2.43. The molecule has 0 unspecified atom stereocenters. The summed E-state index contributed by atoms with van der Waals surface area (Å²) in [5, 5.41) is 3.72. The van der Waals surface area contributed by atoms with E-state index in [4.69, 9.17) is 16.3 Å². The van der Waals surface area contributed by atoms with Crippen LogP contribution in [0.5, 0.6) is 5.75 Å². The highest BCUT2D eigenvalue weighted by molar-refractivity contribution is 8.00. The maximum Gasteiger partial charge on any atom is 0.233 e. The monoisotopic (exact) mass is 389 g/mol. The SMILES string of the molecule is Cc1ccc2c(c1)[C@@H](NC(=O)[C@H](C)Sc1ccc(Cl)cc1)CC(C)(C)O2. The van der Waals surface area contributed by atoms with Crippen LogP contribution in [0.15, 0.2) is 47.4 Å². The Hall–Kier alpha value is -1.65. The Balaban J connectivity index is 1.74. The van der Waals surface area contributed by atoms with Crippen LogP contribution >= 0.6 is 23.4 Å². The first-order valence-corrected chi connectivity index (χ1v) is 10.0. The van der Waals surface area contributed by atoms with Crippen molar-refractivity contribution in [2.24, 2.45) is 0 Å². The quantitative estimate of drug-likeness (QED) is 0.697. The molecule has 26 heavy (non-hydrogen) atoms. The average molecular weight is 390 g/mol. The Morgan fingerprint density at radius 1 is 1.27 bits per heavy atom. The molecule has 5 heteroatoms. The van der Waals surface area contributed by atoms with Gasteiger partial charge in [-0.1, -0.05) is 29.3 Å². The molecule has 0 saturated carbocycles. The molecule has 3 nitrogen and oxygen atoms in total. The van der Waals surface area contributed by atoms with Crippen LogP contribution in [0.4, 0.5) is 0 Å². The molecule has 1 N–H and O–H groups in total. The van der Waals surface area contributed by atoms with E-state index >= 15 is 0 Å².